The lowest BCUT2D eigenvalue weighted by Crippen LogP contribution is -2.60. The maximum absolute atomic E-state index is 14.4. The van der Waals surface area contributed by atoms with Gasteiger partial charge in [0.25, 0.3) is 5.91 Å². The van der Waals surface area contributed by atoms with Gasteiger partial charge in [-0.25, -0.2) is 9.48 Å². The number of carbonyl (C=O) groups is 3. The van der Waals surface area contributed by atoms with Gasteiger partial charge in [-0.3, -0.25) is 9.59 Å². The second kappa shape index (κ2) is 13.6. The van der Waals surface area contributed by atoms with Crippen LogP contribution < -0.4 is 0 Å². The molecule has 0 saturated carbocycles. The second-order valence-electron chi connectivity index (χ2n) is 13.0. The van der Waals surface area contributed by atoms with E-state index in [1.807, 2.05) is 74.5 Å². The highest BCUT2D eigenvalue weighted by atomic mass is 16.6. The number of amides is 2. The summed E-state index contributed by atoms with van der Waals surface area (Å²) in [4.78, 5) is 43.1. The number of nitrogens with zero attached hydrogens (tertiary/aromatic N) is 5. The van der Waals surface area contributed by atoms with Crippen molar-refractivity contribution in [3.8, 4) is 5.69 Å². The third kappa shape index (κ3) is 8.02. The molecule has 11 nitrogen and oxygen atoms in total. The molecule has 11 heteroatoms. The first-order valence-electron chi connectivity index (χ1n) is 14.9. The van der Waals surface area contributed by atoms with E-state index in [2.05, 4.69) is 10.3 Å². The van der Waals surface area contributed by atoms with E-state index in [-0.39, 0.29) is 37.7 Å². The Bertz CT molecular complexity index is 1440. The Labute approximate surface area is 258 Å². The summed E-state index contributed by atoms with van der Waals surface area (Å²) in [6.07, 6.45) is -0.455. The highest BCUT2D eigenvalue weighted by Crippen LogP contribution is 2.34. The van der Waals surface area contributed by atoms with Crippen molar-refractivity contribution in [2.75, 3.05) is 19.6 Å². The van der Waals surface area contributed by atoms with E-state index in [0.29, 0.717) is 18.8 Å². The molecule has 3 aromatic rings. The molecule has 4 rings (SSSR count). The average molecular weight is 606 g/mol. The summed E-state index contributed by atoms with van der Waals surface area (Å²) in [7, 11) is 0. The number of carboxylic acids is 1. The highest BCUT2D eigenvalue weighted by Gasteiger charge is 2.47. The van der Waals surface area contributed by atoms with Crippen LogP contribution in [-0.4, -0.2) is 79.1 Å². The largest absolute Gasteiger partial charge is 0.481 e. The average Bonchev–Trinajstić information content (AvgIpc) is 3.39. The van der Waals surface area contributed by atoms with Gasteiger partial charge in [0.15, 0.2) is 5.69 Å². The van der Waals surface area contributed by atoms with Crippen LogP contribution in [0.1, 0.15) is 69.7 Å². The lowest BCUT2D eigenvalue weighted by molar-refractivity contribution is -0.152. The van der Waals surface area contributed by atoms with Crippen molar-refractivity contribution in [1.82, 2.24) is 24.8 Å². The number of hydrogen-bond acceptors (Lipinski definition) is 7. The van der Waals surface area contributed by atoms with E-state index >= 15 is 0 Å². The molecule has 1 saturated heterocycles. The van der Waals surface area contributed by atoms with Gasteiger partial charge in [-0.15, -0.1) is 5.10 Å². The van der Waals surface area contributed by atoms with Gasteiger partial charge >= 0.3 is 12.1 Å². The fourth-order valence-corrected chi connectivity index (χ4v) is 5.36. The van der Waals surface area contributed by atoms with E-state index in [4.69, 9.17) is 9.47 Å². The molecule has 2 atom stereocenters. The van der Waals surface area contributed by atoms with Gasteiger partial charge in [0.1, 0.15) is 11.3 Å². The third-order valence-corrected chi connectivity index (χ3v) is 7.41. The minimum Gasteiger partial charge on any atom is -0.481 e. The molecule has 1 N–H and O–H groups in total. The number of para-hydroxylation sites is 1. The summed E-state index contributed by atoms with van der Waals surface area (Å²) < 4.78 is 13.3. The van der Waals surface area contributed by atoms with Gasteiger partial charge in [0.2, 0.25) is 0 Å². The molecule has 1 fully saturated rings. The molecule has 0 aliphatic carbocycles. The van der Waals surface area contributed by atoms with Crippen molar-refractivity contribution < 1.29 is 29.0 Å². The van der Waals surface area contributed by atoms with Gasteiger partial charge in [0, 0.05) is 19.6 Å². The Morgan fingerprint density at radius 2 is 1.68 bits per heavy atom. The fraction of sp³-hybridized carbons (Fsp3) is 0.485. The van der Waals surface area contributed by atoms with Gasteiger partial charge in [-0.2, -0.15) is 0 Å². The monoisotopic (exact) mass is 605 g/mol. The van der Waals surface area contributed by atoms with Crippen LogP contribution in [0.2, 0.25) is 0 Å². The van der Waals surface area contributed by atoms with Crippen LogP contribution >= 0.6 is 0 Å². The van der Waals surface area contributed by atoms with Crippen molar-refractivity contribution >= 4 is 18.0 Å². The Kier molecular flexibility index (Phi) is 10.1. The maximum Gasteiger partial charge on any atom is 0.410 e. The zero-order valence-corrected chi connectivity index (χ0v) is 26.4. The molecule has 1 aliphatic rings. The summed E-state index contributed by atoms with van der Waals surface area (Å²) in [5.74, 6) is -1.39. The van der Waals surface area contributed by atoms with E-state index < -0.39 is 35.0 Å². The van der Waals surface area contributed by atoms with Gasteiger partial charge < -0.3 is 24.4 Å². The SMILES string of the molecule is CC(C)CN(C(=O)c1nnn(-c2ccccc2)c1COCc1ccccc1)C1CN(C(=O)OC(C)(C)C)CC(C)(C(=O)O)C1. The maximum atomic E-state index is 14.4. The van der Waals surface area contributed by atoms with Crippen molar-refractivity contribution in [2.24, 2.45) is 11.3 Å². The number of rotatable bonds is 10. The van der Waals surface area contributed by atoms with Gasteiger partial charge in [-0.1, -0.05) is 67.6 Å². The van der Waals surface area contributed by atoms with E-state index in [1.54, 1.807) is 37.3 Å². The van der Waals surface area contributed by atoms with Gasteiger partial charge in [-0.05, 0) is 57.7 Å². The van der Waals surface area contributed by atoms with Crippen LogP contribution in [0.25, 0.3) is 5.69 Å². The summed E-state index contributed by atoms with van der Waals surface area (Å²) in [5.41, 5.74) is 0.249. The fourth-order valence-electron chi connectivity index (χ4n) is 5.36. The topological polar surface area (TPSA) is 127 Å². The lowest BCUT2D eigenvalue weighted by atomic mass is 9.79. The number of hydrogen-bond donors (Lipinski definition) is 1. The molecular weight excluding hydrogens is 562 g/mol. The first-order valence-corrected chi connectivity index (χ1v) is 14.9. The number of carboxylic acid groups (broad SMARTS) is 1. The Hall–Kier alpha value is -4.25. The standard InChI is InChI=1S/C33H43N5O6/c1-23(2)18-37(26-17-33(6,30(40)41)22-36(19-26)31(42)44-32(3,4)5)29(39)28-27(21-43-20-24-13-9-7-10-14-24)38(35-34-28)25-15-11-8-12-16-25/h7-16,23,26H,17-22H2,1-6H3,(H,40,41). The molecule has 0 spiro atoms. The number of benzene rings is 2. The Morgan fingerprint density at radius 1 is 1.05 bits per heavy atom. The van der Waals surface area contributed by atoms with Gasteiger partial charge in [0.05, 0.1) is 30.4 Å². The highest BCUT2D eigenvalue weighted by molar-refractivity contribution is 5.94. The minimum absolute atomic E-state index is 0.0276. The second-order valence-corrected chi connectivity index (χ2v) is 13.0. The zero-order valence-electron chi connectivity index (χ0n) is 26.4. The van der Waals surface area contributed by atoms with Crippen molar-refractivity contribution in [2.45, 2.75) is 72.8 Å². The first-order chi connectivity index (χ1) is 20.8. The number of carbonyl (C=O) groups excluding carboxylic acids is 2. The van der Waals surface area contributed by atoms with Crippen LogP contribution in [0.5, 0.6) is 0 Å². The molecular formula is C33H43N5O6. The predicted octanol–water partition coefficient (Wildman–Crippen LogP) is 5.18. The number of ether oxygens (including phenoxy) is 2. The predicted molar refractivity (Wildman–Crippen MR) is 164 cm³/mol. The molecule has 236 valence electrons. The molecule has 1 aromatic heterocycles. The first kappa shape index (κ1) is 32.7. The van der Waals surface area contributed by atoms with Crippen LogP contribution in [0, 0.1) is 11.3 Å². The van der Waals surface area contributed by atoms with Crippen LogP contribution in [0.4, 0.5) is 4.79 Å². The summed E-state index contributed by atoms with van der Waals surface area (Å²) in [6, 6.07) is 18.5. The molecule has 1 aliphatic heterocycles. The summed E-state index contributed by atoms with van der Waals surface area (Å²) >= 11 is 0. The minimum atomic E-state index is -1.29. The molecule has 2 amide bonds. The Balaban J connectivity index is 1.70. The number of likely N-dealkylation sites (tertiary alicyclic amines) is 1. The smallest absolute Gasteiger partial charge is 0.410 e. The van der Waals surface area contributed by atoms with Crippen LogP contribution in [-0.2, 0) is 27.5 Å². The van der Waals surface area contributed by atoms with Crippen molar-refractivity contribution in [3.63, 3.8) is 0 Å². The quantitative estimate of drug-likeness (QED) is 0.335. The lowest BCUT2D eigenvalue weighted by Gasteiger charge is -2.46. The van der Waals surface area contributed by atoms with Crippen molar-refractivity contribution in [1.29, 1.82) is 0 Å². The number of piperidine rings is 1. The molecule has 0 bridgehead atoms. The van der Waals surface area contributed by atoms with E-state index in [9.17, 15) is 19.5 Å². The summed E-state index contributed by atoms with van der Waals surface area (Å²) in [5, 5.41) is 18.9. The van der Waals surface area contributed by atoms with E-state index in [0.717, 1.165) is 11.3 Å². The number of aliphatic carboxylic acids is 1. The third-order valence-electron chi connectivity index (χ3n) is 7.41. The molecule has 44 heavy (non-hydrogen) atoms. The molecule has 2 unspecified atom stereocenters. The van der Waals surface area contributed by atoms with Crippen LogP contribution in [0.15, 0.2) is 60.7 Å². The zero-order chi connectivity index (χ0) is 32.1. The Morgan fingerprint density at radius 3 is 2.27 bits per heavy atom. The molecule has 0 radical (unpaired) electrons. The van der Waals surface area contributed by atoms with Crippen molar-refractivity contribution in [3.05, 3.63) is 77.6 Å². The molecule has 2 heterocycles. The molecule has 2 aromatic carbocycles. The number of aromatic nitrogens is 3. The summed E-state index contributed by atoms with van der Waals surface area (Å²) in [6.45, 7) is 11.7. The normalized spacial score (nSPS) is 18.7. The van der Waals surface area contributed by atoms with Crippen LogP contribution in [0.3, 0.4) is 0 Å². The van der Waals surface area contributed by atoms with E-state index in [1.165, 1.54) is 4.90 Å².